The van der Waals surface area contributed by atoms with Crippen LogP contribution in [0.2, 0.25) is 5.02 Å². The first-order chi connectivity index (χ1) is 10.9. The maximum absolute atomic E-state index is 12.6. The Morgan fingerprint density at radius 3 is 2.52 bits per heavy atom. The van der Waals surface area contributed by atoms with Crippen LogP contribution in [0.1, 0.15) is 36.0 Å². The van der Waals surface area contributed by atoms with E-state index in [2.05, 4.69) is 14.8 Å². The van der Waals surface area contributed by atoms with Gasteiger partial charge in [-0.1, -0.05) is 11.6 Å². The lowest BCUT2D eigenvalue weighted by molar-refractivity contribution is 0.0600. The Hall–Kier alpha value is -1.15. The Morgan fingerprint density at radius 2 is 1.96 bits per heavy atom. The average molecular weight is 359 g/mol. The molecule has 2 heterocycles. The minimum atomic E-state index is -3.72. The lowest BCUT2D eigenvalue weighted by atomic mass is 10.0. The monoisotopic (exact) mass is 358 g/mol. The summed E-state index contributed by atoms with van der Waals surface area (Å²) in [5.74, 6) is -0.557. The van der Waals surface area contributed by atoms with Crippen molar-refractivity contribution in [2.24, 2.45) is 0 Å². The van der Waals surface area contributed by atoms with Crippen LogP contribution in [-0.4, -0.2) is 39.6 Å². The molecule has 1 aromatic carbocycles. The molecular weight excluding hydrogens is 340 g/mol. The summed E-state index contributed by atoms with van der Waals surface area (Å²) in [5.41, 5.74) is 0.219. The number of hydrogen-bond donors (Lipinski definition) is 2. The fraction of sp³-hybridized carbons (Fsp3) is 0.533. The summed E-state index contributed by atoms with van der Waals surface area (Å²) in [6.07, 6.45) is 3.76. The van der Waals surface area contributed by atoms with Gasteiger partial charge in [-0.3, -0.25) is 0 Å². The van der Waals surface area contributed by atoms with E-state index < -0.39 is 16.0 Å². The maximum atomic E-state index is 12.6. The van der Waals surface area contributed by atoms with Gasteiger partial charge in [-0.25, -0.2) is 17.9 Å². The van der Waals surface area contributed by atoms with E-state index in [1.165, 1.54) is 25.3 Å². The molecule has 2 unspecified atom stereocenters. The molecule has 3 rings (SSSR count). The van der Waals surface area contributed by atoms with Gasteiger partial charge in [0.2, 0.25) is 10.0 Å². The fourth-order valence-corrected chi connectivity index (χ4v) is 5.21. The highest BCUT2D eigenvalue weighted by Gasteiger charge is 2.35. The van der Waals surface area contributed by atoms with E-state index in [1.54, 1.807) is 0 Å². The molecule has 8 heteroatoms. The van der Waals surface area contributed by atoms with Crippen LogP contribution in [0.5, 0.6) is 0 Å². The molecule has 126 valence electrons. The normalized spacial score (nSPS) is 27.0. The third kappa shape index (κ3) is 3.52. The number of esters is 1. The molecule has 2 fully saturated rings. The minimum absolute atomic E-state index is 0.0114. The van der Waals surface area contributed by atoms with Gasteiger partial charge in [-0.05, 0) is 43.9 Å². The van der Waals surface area contributed by atoms with E-state index in [4.69, 9.17) is 11.6 Å². The fourth-order valence-electron chi connectivity index (χ4n) is 3.40. The van der Waals surface area contributed by atoms with E-state index >= 15 is 0 Å². The van der Waals surface area contributed by atoms with Crippen molar-refractivity contribution in [2.45, 2.75) is 48.7 Å². The van der Waals surface area contributed by atoms with Crippen molar-refractivity contribution in [3.8, 4) is 0 Å². The first-order valence-corrected chi connectivity index (χ1v) is 9.41. The van der Waals surface area contributed by atoms with Crippen molar-refractivity contribution < 1.29 is 17.9 Å². The molecule has 6 nitrogen and oxygen atoms in total. The van der Waals surface area contributed by atoms with Gasteiger partial charge in [0.05, 0.1) is 17.7 Å². The topological polar surface area (TPSA) is 84.5 Å². The van der Waals surface area contributed by atoms with Crippen molar-refractivity contribution in [1.82, 2.24) is 10.0 Å². The SMILES string of the molecule is COC(=O)c1ccc(S(=O)(=O)NC2CC3CCC(C2)N3)c(Cl)c1. The van der Waals surface area contributed by atoms with Gasteiger partial charge in [0.15, 0.2) is 0 Å². The van der Waals surface area contributed by atoms with Gasteiger partial charge in [-0.2, -0.15) is 0 Å². The van der Waals surface area contributed by atoms with Crippen LogP contribution in [0.25, 0.3) is 0 Å². The Bertz CT molecular complexity index is 710. The molecule has 2 aliphatic heterocycles. The molecule has 1 aromatic rings. The summed E-state index contributed by atoms with van der Waals surface area (Å²) < 4.78 is 32.5. The summed E-state index contributed by atoms with van der Waals surface area (Å²) in [4.78, 5) is 11.5. The Labute approximate surface area is 140 Å². The molecule has 23 heavy (non-hydrogen) atoms. The van der Waals surface area contributed by atoms with Gasteiger partial charge in [0.25, 0.3) is 0 Å². The Balaban J connectivity index is 1.78. The van der Waals surface area contributed by atoms with E-state index in [9.17, 15) is 13.2 Å². The number of rotatable bonds is 4. The van der Waals surface area contributed by atoms with Gasteiger partial charge in [0, 0.05) is 18.1 Å². The predicted molar refractivity (Wildman–Crippen MR) is 86.1 cm³/mol. The summed E-state index contributed by atoms with van der Waals surface area (Å²) in [5, 5.41) is 3.48. The third-order valence-corrected chi connectivity index (χ3v) is 6.44. The highest BCUT2D eigenvalue weighted by Crippen LogP contribution is 2.29. The molecule has 2 saturated heterocycles. The van der Waals surface area contributed by atoms with Crippen LogP contribution >= 0.6 is 11.6 Å². The zero-order chi connectivity index (χ0) is 16.6. The molecule has 2 atom stereocenters. The highest BCUT2D eigenvalue weighted by molar-refractivity contribution is 7.89. The summed E-state index contributed by atoms with van der Waals surface area (Å²) in [6, 6.07) is 4.74. The molecule has 2 bridgehead atoms. The highest BCUT2D eigenvalue weighted by atomic mass is 35.5. The van der Waals surface area contributed by atoms with Crippen molar-refractivity contribution in [1.29, 1.82) is 0 Å². The largest absolute Gasteiger partial charge is 0.465 e. The second kappa shape index (κ2) is 6.39. The van der Waals surface area contributed by atoms with Gasteiger partial charge in [-0.15, -0.1) is 0 Å². The number of benzene rings is 1. The summed E-state index contributed by atoms with van der Waals surface area (Å²) >= 11 is 6.06. The van der Waals surface area contributed by atoms with Crippen LogP contribution in [0.3, 0.4) is 0 Å². The number of halogens is 1. The van der Waals surface area contributed by atoms with Crippen LogP contribution in [0, 0.1) is 0 Å². The van der Waals surface area contributed by atoms with Gasteiger partial charge in [0.1, 0.15) is 4.90 Å². The Morgan fingerprint density at radius 1 is 1.30 bits per heavy atom. The summed E-state index contributed by atoms with van der Waals surface area (Å²) in [6.45, 7) is 0. The average Bonchev–Trinajstić information content (AvgIpc) is 2.84. The first-order valence-electron chi connectivity index (χ1n) is 7.55. The van der Waals surface area contributed by atoms with Crippen LogP contribution in [0.4, 0.5) is 0 Å². The molecule has 0 amide bonds. The summed E-state index contributed by atoms with van der Waals surface area (Å²) in [7, 11) is -2.46. The second-order valence-electron chi connectivity index (χ2n) is 6.06. The maximum Gasteiger partial charge on any atom is 0.337 e. The van der Waals surface area contributed by atoms with Crippen LogP contribution in [-0.2, 0) is 14.8 Å². The number of sulfonamides is 1. The van der Waals surface area contributed by atoms with Crippen LogP contribution in [0.15, 0.2) is 23.1 Å². The number of hydrogen-bond acceptors (Lipinski definition) is 5. The van der Waals surface area contributed by atoms with E-state index in [0.29, 0.717) is 12.1 Å². The Kier molecular flexibility index (Phi) is 4.64. The number of piperidine rings is 1. The molecule has 0 radical (unpaired) electrons. The quantitative estimate of drug-likeness (QED) is 0.800. The predicted octanol–water partition coefficient (Wildman–Crippen LogP) is 1.69. The smallest absolute Gasteiger partial charge is 0.337 e. The lowest BCUT2D eigenvalue weighted by Crippen LogP contribution is -2.47. The van der Waals surface area contributed by atoms with Crippen molar-refractivity contribution in [3.63, 3.8) is 0 Å². The third-order valence-electron chi connectivity index (χ3n) is 4.44. The van der Waals surface area contributed by atoms with Gasteiger partial charge < -0.3 is 10.1 Å². The number of fused-ring (bicyclic) bond motifs is 2. The van der Waals surface area contributed by atoms with Crippen molar-refractivity contribution in [3.05, 3.63) is 28.8 Å². The minimum Gasteiger partial charge on any atom is -0.465 e. The first kappa shape index (κ1) is 16.7. The molecule has 2 aliphatic rings. The van der Waals surface area contributed by atoms with Crippen LogP contribution < -0.4 is 10.0 Å². The number of carbonyl (C=O) groups is 1. The van der Waals surface area contributed by atoms with Gasteiger partial charge >= 0.3 is 5.97 Å². The van der Waals surface area contributed by atoms with Crippen molar-refractivity contribution >= 4 is 27.6 Å². The molecule has 0 aromatic heterocycles. The zero-order valence-electron chi connectivity index (χ0n) is 12.7. The lowest BCUT2D eigenvalue weighted by Gasteiger charge is -2.29. The van der Waals surface area contributed by atoms with E-state index in [-0.39, 0.29) is 21.5 Å². The standard InChI is InChI=1S/C15H19ClN2O4S/c1-22-15(19)9-2-5-14(13(16)6-9)23(20,21)18-12-7-10-3-4-11(8-12)17-10/h2,5-6,10-12,17-18H,3-4,7-8H2,1H3. The zero-order valence-corrected chi connectivity index (χ0v) is 14.3. The molecule has 2 N–H and O–H groups in total. The van der Waals surface area contributed by atoms with E-state index in [1.807, 2.05) is 0 Å². The van der Waals surface area contributed by atoms with Crippen molar-refractivity contribution in [2.75, 3.05) is 7.11 Å². The molecular formula is C15H19ClN2O4S. The molecule has 0 aliphatic carbocycles. The second-order valence-corrected chi connectivity index (χ2v) is 8.15. The van der Waals surface area contributed by atoms with E-state index in [0.717, 1.165) is 25.7 Å². The number of ether oxygens (including phenoxy) is 1. The number of carbonyl (C=O) groups excluding carboxylic acids is 1. The molecule has 0 spiro atoms. The molecule has 0 saturated carbocycles. The number of methoxy groups -OCH3 is 1. The number of nitrogens with one attached hydrogen (secondary N) is 2.